The van der Waals surface area contributed by atoms with E-state index in [9.17, 15) is 10.1 Å². The molecule has 4 heteroatoms. The van der Waals surface area contributed by atoms with Crippen LogP contribution < -0.4 is 5.32 Å². The number of carbonyl (C=O) groups excluding carboxylic acids is 1. The van der Waals surface area contributed by atoms with E-state index in [0.717, 1.165) is 53.2 Å². The number of hydrogen-bond acceptors (Lipinski definition) is 2. The van der Waals surface area contributed by atoms with E-state index in [-0.39, 0.29) is 11.5 Å². The number of nitrogens with zero attached hydrogens (tertiary/aromatic N) is 2. The maximum absolute atomic E-state index is 12.8. The molecule has 0 spiro atoms. The summed E-state index contributed by atoms with van der Waals surface area (Å²) in [5.41, 5.74) is 7.52. The van der Waals surface area contributed by atoms with Gasteiger partial charge in [-0.1, -0.05) is 42.5 Å². The average Bonchev–Trinajstić information content (AvgIpc) is 3.21. The van der Waals surface area contributed by atoms with E-state index >= 15 is 0 Å². The van der Waals surface area contributed by atoms with Gasteiger partial charge in [0.2, 0.25) is 0 Å². The molecule has 39 heavy (non-hydrogen) atoms. The third-order valence-electron chi connectivity index (χ3n) is 9.68. The van der Waals surface area contributed by atoms with Gasteiger partial charge in [0.15, 0.2) is 0 Å². The van der Waals surface area contributed by atoms with Crippen molar-refractivity contribution in [3.8, 4) is 11.8 Å². The Morgan fingerprint density at radius 3 is 2.26 bits per heavy atom. The van der Waals surface area contributed by atoms with Crippen LogP contribution in [-0.2, 0) is 16.6 Å². The van der Waals surface area contributed by atoms with Gasteiger partial charge in [0.25, 0.3) is 5.91 Å². The lowest BCUT2D eigenvalue weighted by molar-refractivity contribution is -0.117. The molecule has 1 N–H and O–H groups in total. The van der Waals surface area contributed by atoms with Gasteiger partial charge in [-0.15, -0.1) is 0 Å². The van der Waals surface area contributed by atoms with Gasteiger partial charge in [0.1, 0.15) is 11.6 Å². The van der Waals surface area contributed by atoms with Crippen LogP contribution in [0.25, 0.3) is 11.8 Å². The second-order valence-corrected chi connectivity index (χ2v) is 12.4. The van der Waals surface area contributed by atoms with Crippen molar-refractivity contribution >= 4 is 12.0 Å². The van der Waals surface area contributed by atoms with Crippen LogP contribution in [0, 0.1) is 42.9 Å². The molecule has 1 heterocycles. The molecule has 0 unspecified atom stereocenters. The van der Waals surface area contributed by atoms with Crippen molar-refractivity contribution < 1.29 is 4.79 Å². The number of carbonyl (C=O) groups is 1. The van der Waals surface area contributed by atoms with Gasteiger partial charge in [-0.25, -0.2) is 0 Å². The summed E-state index contributed by atoms with van der Waals surface area (Å²) < 4.78 is 2.24. The predicted molar refractivity (Wildman–Crippen MR) is 156 cm³/mol. The highest BCUT2D eigenvalue weighted by Crippen LogP contribution is 2.60. The Labute approximate surface area is 232 Å². The third kappa shape index (κ3) is 5.08. The molecule has 4 fully saturated rings. The highest BCUT2D eigenvalue weighted by molar-refractivity contribution is 6.01. The highest BCUT2D eigenvalue weighted by atomic mass is 16.1. The number of aromatic nitrogens is 1. The first-order chi connectivity index (χ1) is 18.9. The standard InChI is InChI=1S/C35H39N3O/c1-24-15-30(19-31(23-36)34(39)37-14-6-9-26-7-4-3-5-8-26)25(2)38(24)33-12-10-32(11-13-33)35-20-27-16-28(21-35)18-29(17-27)22-35/h3-5,7-8,10-13,15,19,27-29H,6,9,14,16-18,20-22H2,1-2H3,(H,37,39)/b31-19-. The van der Waals surface area contributed by atoms with E-state index in [0.29, 0.717) is 12.0 Å². The quantitative estimate of drug-likeness (QED) is 0.195. The third-order valence-corrected chi connectivity index (χ3v) is 9.68. The molecule has 200 valence electrons. The Morgan fingerprint density at radius 2 is 1.64 bits per heavy atom. The van der Waals surface area contributed by atoms with Crippen molar-refractivity contribution in [2.75, 3.05) is 6.54 Å². The summed E-state index contributed by atoms with van der Waals surface area (Å²) in [6.07, 6.45) is 12.0. The molecular formula is C35H39N3O. The van der Waals surface area contributed by atoms with Crippen LogP contribution in [0.2, 0.25) is 0 Å². The lowest BCUT2D eigenvalue weighted by atomic mass is 9.48. The van der Waals surface area contributed by atoms with Gasteiger partial charge in [-0.3, -0.25) is 4.79 Å². The Balaban J connectivity index is 1.15. The number of nitriles is 1. The first-order valence-electron chi connectivity index (χ1n) is 14.7. The van der Waals surface area contributed by atoms with Gasteiger partial charge >= 0.3 is 0 Å². The molecule has 1 aromatic heterocycles. The van der Waals surface area contributed by atoms with Gasteiger partial charge in [0, 0.05) is 23.6 Å². The molecule has 0 saturated heterocycles. The number of amides is 1. The maximum atomic E-state index is 12.8. The molecule has 7 rings (SSSR count). The van der Waals surface area contributed by atoms with Gasteiger partial charge in [0.05, 0.1) is 0 Å². The van der Waals surface area contributed by atoms with Crippen LogP contribution in [0.15, 0.2) is 66.2 Å². The molecular weight excluding hydrogens is 478 g/mol. The minimum Gasteiger partial charge on any atom is -0.351 e. The summed E-state index contributed by atoms with van der Waals surface area (Å²) >= 11 is 0. The van der Waals surface area contributed by atoms with Crippen LogP contribution in [-0.4, -0.2) is 17.0 Å². The Morgan fingerprint density at radius 1 is 1.00 bits per heavy atom. The first kappa shape index (κ1) is 25.7. The number of benzene rings is 2. The fraction of sp³-hybridized carbons (Fsp3) is 0.429. The fourth-order valence-corrected chi connectivity index (χ4v) is 8.30. The molecule has 0 atom stereocenters. The molecule has 1 amide bonds. The van der Waals surface area contributed by atoms with E-state index in [1.54, 1.807) is 6.08 Å². The Kier molecular flexibility index (Phi) is 6.94. The van der Waals surface area contributed by atoms with E-state index in [4.69, 9.17) is 0 Å². The monoisotopic (exact) mass is 517 g/mol. The fourth-order valence-electron chi connectivity index (χ4n) is 8.30. The van der Waals surface area contributed by atoms with Crippen molar-refractivity contribution in [3.05, 3.63) is 94.3 Å². The minimum atomic E-state index is -0.310. The molecule has 0 radical (unpaired) electrons. The zero-order chi connectivity index (χ0) is 27.0. The van der Waals surface area contributed by atoms with Crippen molar-refractivity contribution in [1.82, 2.24) is 9.88 Å². The molecule has 4 saturated carbocycles. The molecule has 0 aliphatic heterocycles. The normalized spacial score (nSPS) is 25.5. The smallest absolute Gasteiger partial charge is 0.261 e. The number of rotatable bonds is 8. The topological polar surface area (TPSA) is 57.8 Å². The highest BCUT2D eigenvalue weighted by Gasteiger charge is 2.51. The molecule has 2 aromatic carbocycles. The summed E-state index contributed by atoms with van der Waals surface area (Å²) in [5.74, 6) is 2.51. The number of nitrogens with one attached hydrogen (secondary N) is 1. The lowest BCUT2D eigenvalue weighted by Gasteiger charge is -2.57. The summed E-state index contributed by atoms with van der Waals surface area (Å²) in [4.78, 5) is 12.8. The van der Waals surface area contributed by atoms with Crippen LogP contribution in [0.4, 0.5) is 0 Å². The largest absolute Gasteiger partial charge is 0.351 e. The lowest BCUT2D eigenvalue weighted by Crippen LogP contribution is -2.48. The summed E-state index contributed by atoms with van der Waals surface area (Å²) in [6, 6.07) is 23.7. The maximum Gasteiger partial charge on any atom is 0.261 e. The molecule has 3 aromatic rings. The second kappa shape index (κ2) is 10.5. The van der Waals surface area contributed by atoms with Crippen LogP contribution in [0.1, 0.15) is 73.0 Å². The van der Waals surface area contributed by atoms with Crippen molar-refractivity contribution in [2.24, 2.45) is 17.8 Å². The minimum absolute atomic E-state index is 0.145. The van der Waals surface area contributed by atoms with Gasteiger partial charge < -0.3 is 9.88 Å². The van der Waals surface area contributed by atoms with Gasteiger partial charge in [-0.2, -0.15) is 5.26 Å². The van der Waals surface area contributed by atoms with Crippen LogP contribution in [0.3, 0.4) is 0 Å². The van der Waals surface area contributed by atoms with Crippen LogP contribution >= 0.6 is 0 Å². The predicted octanol–water partition coefficient (Wildman–Crippen LogP) is 7.22. The zero-order valence-corrected chi connectivity index (χ0v) is 23.2. The Bertz CT molecular complexity index is 1390. The second-order valence-electron chi connectivity index (χ2n) is 12.4. The average molecular weight is 518 g/mol. The van der Waals surface area contributed by atoms with E-state index in [2.05, 4.69) is 72.3 Å². The van der Waals surface area contributed by atoms with Crippen molar-refractivity contribution in [1.29, 1.82) is 5.26 Å². The summed E-state index contributed by atoms with van der Waals surface area (Å²) in [7, 11) is 0. The van der Waals surface area contributed by atoms with Crippen LogP contribution in [0.5, 0.6) is 0 Å². The van der Waals surface area contributed by atoms with E-state index in [1.807, 2.05) is 18.2 Å². The Hall–Kier alpha value is -3.58. The summed E-state index contributed by atoms with van der Waals surface area (Å²) in [6.45, 7) is 4.70. The number of hydrogen-bond donors (Lipinski definition) is 1. The number of aryl methyl sites for hydroxylation is 2. The molecule has 4 bridgehead atoms. The molecule has 4 aliphatic rings. The van der Waals surface area contributed by atoms with Crippen molar-refractivity contribution in [2.45, 2.75) is 70.6 Å². The van der Waals surface area contributed by atoms with E-state index < -0.39 is 0 Å². The first-order valence-corrected chi connectivity index (χ1v) is 14.7. The molecule has 4 aliphatic carbocycles. The van der Waals surface area contributed by atoms with Crippen molar-refractivity contribution in [3.63, 3.8) is 0 Å². The molecule has 4 nitrogen and oxygen atoms in total. The summed E-state index contributed by atoms with van der Waals surface area (Å²) in [5, 5.41) is 12.7. The zero-order valence-electron chi connectivity index (χ0n) is 23.2. The van der Waals surface area contributed by atoms with Gasteiger partial charge in [-0.05, 0) is 129 Å². The van der Waals surface area contributed by atoms with E-state index in [1.165, 1.54) is 49.7 Å². The SMILES string of the molecule is Cc1cc(/C=C(/C#N)C(=O)NCCCc2ccccc2)c(C)n1-c1ccc(C23CC4CC(CC(C4)C2)C3)cc1.